The molecule has 2 heteroatoms. The van der Waals surface area contributed by atoms with Gasteiger partial charge in [-0.15, -0.1) is 0 Å². The third-order valence-corrected chi connectivity index (χ3v) is 1.02. The SMILES string of the molecule is CC(C)CC(C)(C)C.O=C=O.[HH]. The van der Waals surface area contributed by atoms with Crippen molar-refractivity contribution in [1.29, 1.82) is 0 Å². The van der Waals surface area contributed by atoms with E-state index in [1.807, 2.05) is 0 Å². The van der Waals surface area contributed by atoms with E-state index in [-0.39, 0.29) is 7.58 Å². The van der Waals surface area contributed by atoms with Crippen LogP contribution in [-0.2, 0) is 9.59 Å². The average Bonchev–Trinajstić information content (AvgIpc) is 1.57. The number of carbonyl (C=O) groups excluding carboxylic acids is 2. The molecule has 0 radical (unpaired) electrons. The Morgan fingerprint density at radius 2 is 1.55 bits per heavy atom. The summed E-state index contributed by atoms with van der Waals surface area (Å²) in [6.07, 6.45) is 1.58. The Hall–Kier alpha value is -0.620. The van der Waals surface area contributed by atoms with E-state index in [1.54, 1.807) is 0 Å². The molecule has 0 heterocycles. The summed E-state index contributed by atoms with van der Waals surface area (Å²) >= 11 is 0. The maximum absolute atomic E-state index is 8.12. The summed E-state index contributed by atoms with van der Waals surface area (Å²) in [7, 11) is 0. The highest BCUT2D eigenvalue weighted by atomic mass is 16.2. The van der Waals surface area contributed by atoms with Gasteiger partial charge in [0.2, 0.25) is 0 Å². The topological polar surface area (TPSA) is 34.1 Å². The molecule has 0 aliphatic rings. The molecule has 0 aromatic rings. The van der Waals surface area contributed by atoms with Crippen molar-refractivity contribution in [2.24, 2.45) is 11.3 Å². The van der Waals surface area contributed by atoms with Crippen LogP contribution in [-0.4, -0.2) is 6.15 Å². The Kier molecular flexibility index (Phi) is 7.23. The quantitative estimate of drug-likeness (QED) is 0.591. The molecule has 0 fully saturated rings. The fourth-order valence-corrected chi connectivity index (χ4v) is 1.22. The summed E-state index contributed by atoms with van der Waals surface area (Å²) in [6.45, 7) is 11.4. The molecule has 0 aliphatic heterocycles. The molecule has 0 saturated heterocycles. The molecule has 0 aromatic carbocycles. The zero-order chi connectivity index (χ0) is 9.49. The lowest BCUT2D eigenvalue weighted by atomic mass is 9.86. The summed E-state index contributed by atoms with van der Waals surface area (Å²) in [4.78, 5) is 16.2. The van der Waals surface area contributed by atoms with Crippen LogP contribution in [0.25, 0.3) is 0 Å². The normalized spacial score (nSPS) is 10.0. The van der Waals surface area contributed by atoms with Crippen LogP contribution in [0.4, 0.5) is 0 Å². The predicted octanol–water partition coefficient (Wildman–Crippen LogP) is 2.74. The van der Waals surface area contributed by atoms with E-state index in [1.165, 1.54) is 6.42 Å². The van der Waals surface area contributed by atoms with Gasteiger partial charge in [0.25, 0.3) is 0 Å². The molecule has 2 nitrogen and oxygen atoms in total. The van der Waals surface area contributed by atoms with E-state index in [4.69, 9.17) is 9.59 Å². The number of hydrogen-bond donors (Lipinski definition) is 0. The second kappa shape index (κ2) is 6.11. The van der Waals surface area contributed by atoms with Crippen molar-refractivity contribution in [2.75, 3.05) is 0 Å². The van der Waals surface area contributed by atoms with Gasteiger partial charge >= 0.3 is 6.15 Å². The van der Waals surface area contributed by atoms with Crippen molar-refractivity contribution >= 4 is 6.15 Å². The molecular weight excluding hydrogens is 140 g/mol. The minimum absolute atomic E-state index is 0. The lowest BCUT2D eigenvalue weighted by molar-refractivity contribution is -0.191. The van der Waals surface area contributed by atoms with Crippen LogP contribution in [0.15, 0.2) is 0 Å². The fourth-order valence-electron chi connectivity index (χ4n) is 1.22. The standard InChI is InChI=1S/C8H18.CO2.H2/c1-7(2)6-8(3,4)5;2-1-3;/h7H,6H2,1-5H3;;1H. The summed E-state index contributed by atoms with van der Waals surface area (Å²) in [5.41, 5.74) is 0.522. The summed E-state index contributed by atoms with van der Waals surface area (Å²) in [5, 5.41) is 0. The minimum Gasteiger partial charge on any atom is -0.186 e. The third-order valence-electron chi connectivity index (χ3n) is 1.02. The van der Waals surface area contributed by atoms with Crippen LogP contribution in [0.3, 0.4) is 0 Å². The molecule has 0 bridgehead atoms. The fraction of sp³-hybridized carbons (Fsp3) is 0.889. The van der Waals surface area contributed by atoms with Crippen LogP contribution in [0.2, 0.25) is 0 Å². The monoisotopic (exact) mass is 160 g/mol. The Morgan fingerprint density at radius 3 is 1.55 bits per heavy atom. The second-order valence-electron chi connectivity index (χ2n) is 4.24. The van der Waals surface area contributed by atoms with Crippen LogP contribution >= 0.6 is 0 Å². The summed E-state index contributed by atoms with van der Waals surface area (Å²) < 4.78 is 0. The van der Waals surface area contributed by atoms with E-state index in [2.05, 4.69) is 34.6 Å². The first kappa shape index (κ1) is 13.0. The smallest absolute Gasteiger partial charge is 0.186 e. The summed E-state index contributed by atoms with van der Waals surface area (Å²) in [6, 6.07) is 0. The van der Waals surface area contributed by atoms with Crippen molar-refractivity contribution in [2.45, 2.75) is 41.0 Å². The van der Waals surface area contributed by atoms with Crippen molar-refractivity contribution in [1.82, 2.24) is 0 Å². The van der Waals surface area contributed by atoms with Gasteiger partial charge in [-0.2, -0.15) is 9.59 Å². The Balaban J connectivity index is -0.000000177. The lowest BCUT2D eigenvalue weighted by Gasteiger charge is -2.19. The third kappa shape index (κ3) is 26.6. The van der Waals surface area contributed by atoms with Crippen molar-refractivity contribution in [3.63, 3.8) is 0 Å². The van der Waals surface area contributed by atoms with Gasteiger partial charge in [-0.3, -0.25) is 0 Å². The van der Waals surface area contributed by atoms with Gasteiger partial charge in [0, 0.05) is 1.43 Å². The van der Waals surface area contributed by atoms with Crippen LogP contribution in [0.1, 0.15) is 42.5 Å². The van der Waals surface area contributed by atoms with Gasteiger partial charge in [0.1, 0.15) is 0 Å². The van der Waals surface area contributed by atoms with Crippen molar-refractivity contribution in [3.8, 4) is 0 Å². The summed E-state index contributed by atoms with van der Waals surface area (Å²) in [5.74, 6) is 0.843. The first-order chi connectivity index (χ1) is 4.83. The predicted molar refractivity (Wildman–Crippen MR) is 46.0 cm³/mol. The Morgan fingerprint density at radius 1 is 1.27 bits per heavy atom. The molecule has 0 amide bonds. The molecule has 0 aliphatic carbocycles. The number of rotatable bonds is 1. The average molecular weight is 160 g/mol. The Labute approximate surface area is 70.5 Å². The molecule has 0 aromatic heterocycles. The molecule has 0 rings (SSSR count). The van der Waals surface area contributed by atoms with E-state index >= 15 is 0 Å². The highest BCUT2D eigenvalue weighted by Crippen LogP contribution is 2.23. The second-order valence-corrected chi connectivity index (χ2v) is 4.24. The van der Waals surface area contributed by atoms with E-state index in [0.29, 0.717) is 5.41 Å². The molecule has 0 atom stereocenters. The van der Waals surface area contributed by atoms with Crippen LogP contribution in [0, 0.1) is 11.3 Å². The molecular formula is C9H20O2. The first-order valence-electron chi connectivity index (χ1n) is 3.82. The minimum atomic E-state index is 0. The Bertz CT molecular complexity index is 119. The zero-order valence-corrected chi connectivity index (χ0v) is 8.10. The lowest BCUT2D eigenvalue weighted by Crippen LogP contribution is -2.08. The van der Waals surface area contributed by atoms with E-state index in [9.17, 15) is 0 Å². The largest absolute Gasteiger partial charge is 0.373 e. The maximum Gasteiger partial charge on any atom is 0.373 e. The van der Waals surface area contributed by atoms with Gasteiger partial charge < -0.3 is 0 Å². The molecule has 11 heavy (non-hydrogen) atoms. The van der Waals surface area contributed by atoms with E-state index in [0.717, 1.165) is 5.92 Å². The maximum atomic E-state index is 8.12. The van der Waals surface area contributed by atoms with Gasteiger partial charge in [0.15, 0.2) is 0 Å². The van der Waals surface area contributed by atoms with Crippen molar-refractivity contribution < 1.29 is 11.0 Å². The van der Waals surface area contributed by atoms with Gasteiger partial charge in [-0.05, 0) is 17.8 Å². The first-order valence-corrected chi connectivity index (χ1v) is 3.82. The van der Waals surface area contributed by atoms with Gasteiger partial charge in [0.05, 0.1) is 0 Å². The van der Waals surface area contributed by atoms with Gasteiger partial charge in [-0.25, -0.2) is 0 Å². The van der Waals surface area contributed by atoms with Gasteiger partial charge in [-0.1, -0.05) is 34.6 Å². The van der Waals surface area contributed by atoms with Crippen LogP contribution < -0.4 is 0 Å². The van der Waals surface area contributed by atoms with E-state index < -0.39 is 0 Å². The molecule has 0 unspecified atom stereocenters. The molecule has 0 N–H and O–H groups in total. The molecule has 0 saturated carbocycles. The zero-order valence-electron chi connectivity index (χ0n) is 8.10. The molecule has 0 spiro atoms. The molecule has 68 valence electrons. The van der Waals surface area contributed by atoms with Crippen molar-refractivity contribution in [3.05, 3.63) is 0 Å². The highest BCUT2D eigenvalue weighted by Gasteiger charge is 2.11. The number of hydrogen-bond acceptors (Lipinski definition) is 2. The van der Waals surface area contributed by atoms with Crippen LogP contribution in [0.5, 0.6) is 0 Å². The highest BCUT2D eigenvalue weighted by molar-refractivity contribution is 5.20.